The van der Waals surface area contributed by atoms with Crippen molar-refractivity contribution >= 4 is 0 Å². The van der Waals surface area contributed by atoms with Gasteiger partial charge in [0.05, 0.1) is 13.3 Å². The minimum Gasteiger partial charge on any atom is -0.495 e. The van der Waals surface area contributed by atoms with Crippen molar-refractivity contribution in [1.82, 2.24) is 10.3 Å². The minimum atomic E-state index is 0.171. The molecule has 0 radical (unpaired) electrons. The van der Waals surface area contributed by atoms with Crippen LogP contribution in [0.3, 0.4) is 0 Å². The molecule has 2 heterocycles. The first-order valence-electron chi connectivity index (χ1n) is 6.71. The molecule has 2 rings (SSSR count). The molecule has 0 spiro atoms. The molecule has 100 valence electrons. The summed E-state index contributed by atoms with van der Waals surface area (Å²) in [6.07, 6.45) is 4.14. The normalized spacial score (nSPS) is 19.6. The molecule has 1 aliphatic heterocycles. The molecule has 1 saturated heterocycles. The summed E-state index contributed by atoms with van der Waals surface area (Å²) in [6.45, 7) is 9.12. The molecule has 0 amide bonds. The van der Waals surface area contributed by atoms with Crippen LogP contribution in [0.25, 0.3) is 0 Å². The molecule has 3 nitrogen and oxygen atoms in total. The third-order valence-electron chi connectivity index (χ3n) is 4.36. The first kappa shape index (κ1) is 13.3. The standard InChI is InChI=1S/C15H24N2O/c1-14(2,3)15(7-9-16-10-8-15)13-6-5-12(18-4)11-17-13/h5-6,11,16H,7-10H2,1-4H3. The molecule has 1 aromatic rings. The number of pyridine rings is 1. The SMILES string of the molecule is COc1ccc(C2(C(C)(C)C)CCNCC2)nc1. The maximum atomic E-state index is 5.20. The van der Waals surface area contributed by atoms with Gasteiger partial charge < -0.3 is 10.1 Å². The molecule has 0 aromatic carbocycles. The Hall–Kier alpha value is -1.09. The van der Waals surface area contributed by atoms with E-state index in [1.165, 1.54) is 5.69 Å². The van der Waals surface area contributed by atoms with E-state index in [1.54, 1.807) is 7.11 Å². The highest BCUT2D eigenvalue weighted by atomic mass is 16.5. The number of nitrogens with one attached hydrogen (secondary N) is 1. The maximum Gasteiger partial charge on any atom is 0.137 e. The fourth-order valence-electron chi connectivity index (χ4n) is 3.03. The van der Waals surface area contributed by atoms with Crippen molar-refractivity contribution < 1.29 is 4.74 Å². The van der Waals surface area contributed by atoms with Crippen LogP contribution in [0.15, 0.2) is 18.3 Å². The van der Waals surface area contributed by atoms with Crippen molar-refractivity contribution in [3.63, 3.8) is 0 Å². The van der Waals surface area contributed by atoms with Crippen LogP contribution in [-0.4, -0.2) is 25.2 Å². The van der Waals surface area contributed by atoms with Crippen LogP contribution in [0.2, 0.25) is 0 Å². The van der Waals surface area contributed by atoms with Gasteiger partial charge in [0.2, 0.25) is 0 Å². The number of aromatic nitrogens is 1. The summed E-state index contributed by atoms with van der Waals surface area (Å²) in [5.41, 5.74) is 1.60. The van der Waals surface area contributed by atoms with Crippen LogP contribution < -0.4 is 10.1 Å². The Morgan fingerprint density at radius 1 is 1.22 bits per heavy atom. The van der Waals surface area contributed by atoms with Crippen LogP contribution in [0.5, 0.6) is 5.75 Å². The van der Waals surface area contributed by atoms with Gasteiger partial charge in [0.1, 0.15) is 5.75 Å². The molecule has 1 aromatic heterocycles. The highest BCUT2D eigenvalue weighted by Gasteiger charge is 2.44. The van der Waals surface area contributed by atoms with Gasteiger partial charge >= 0.3 is 0 Å². The summed E-state index contributed by atoms with van der Waals surface area (Å²) in [6, 6.07) is 4.16. The number of hydrogen-bond acceptors (Lipinski definition) is 3. The van der Waals surface area contributed by atoms with Crippen LogP contribution in [-0.2, 0) is 5.41 Å². The second-order valence-corrected chi connectivity index (χ2v) is 6.17. The number of rotatable bonds is 2. The molecular formula is C15H24N2O. The monoisotopic (exact) mass is 248 g/mol. The molecule has 0 bridgehead atoms. The van der Waals surface area contributed by atoms with E-state index in [2.05, 4.69) is 37.1 Å². The van der Waals surface area contributed by atoms with E-state index in [1.807, 2.05) is 12.3 Å². The summed E-state index contributed by atoms with van der Waals surface area (Å²) in [7, 11) is 1.68. The Morgan fingerprint density at radius 3 is 2.33 bits per heavy atom. The second kappa shape index (κ2) is 4.88. The molecule has 0 atom stereocenters. The van der Waals surface area contributed by atoms with Crippen molar-refractivity contribution in [1.29, 1.82) is 0 Å². The zero-order chi connectivity index (χ0) is 13.2. The lowest BCUT2D eigenvalue weighted by Gasteiger charge is -2.47. The van der Waals surface area contributed by atoms with Gasteiger partial charge in [0.25, 0.3) is 0 Å². The summed E-state index contributed by atoms with van der Waals surface area (Å²) in [4.78, 5) is 4.66. The fourth-order valence-corrected chi connectivity index (χ4v) is 3.03. The largest absolute Gasteiger partial charge is 0.495 e. The summed E-state index contributed by atoms with van der Waals surface area (Å²) in [5.74, 6) is 0.830. The van der Waals surface area contributed by atoms with Gasteiger partial charge in [-0.15, -0.1) is 0 Å². The van der Waals surface area contributed by atoms with E-state index in [4.69, 9.17) is 4.74 Å². The van der Waals surface area contributed by atoms with E-state index in [0.29, 0.717) is 0 Å². The molecule has 3 heteroatoms. The Balaban J connectivity index is 2.39. The van der Waals surface area contributed by atoms with Gasteiger partial charge in [-0.25, -0.2) is 0 Å². The summed E-state index contributed by atoms with van der Waals surface area (Å²) >= 11 is 0. The topological polar surface area (TPSA) is 34.1 Å². The lowest BCUT2D eigenvalue weighted by Crippen LogP contribution is -2.48. The van der Waals surface area contributed by atoms with Crippen LogP contribution in [0.1, 0.15) is 39.3 Å². The highest BCUT2D eigenvalue weighted by Crippen LogP contribution is 2.47. The lowest BCUT2D eigenvalue weighted by molar-refractivity contribution is 0.129. The van der Waals surface area contributed by atoms with Crippen molar-refractivity contribution in [2.45, 2.75) is 39.0 Å². The molecule has 18 heavy (non-hydrogen) atoms. The van der Waals surface area contributed by atoms with Gasteiger partial charge in [0.15, 0.2) is 0 Å². The zero-order valence-corrected chi connectivity index (χ0v) is 11.9. The highest BCUT2D eigenvalue weighted by molar-refractivity contribution is 5.27. The first-order chi connectivity index (χ1) is 8.49. The molecular weight excluding hydrogens is 224 g/mol. The van der Waals surface area contributed by atoms with Gasteiger partial charge in [-0.3, -0.25) is 4.98 Å². The maximum absolute atomic E-state index is 5.20. The van der Waals surface area contributed by atoms with Gasteiger partial charge in [-0.1, -0.05) is 20.8 Å². The fraction of sp³-hybridized carbons (Fsp3) is 0.667. The third-order valence-corrected chi connectivity index (χ3v) is 4.36. The Morgan fingerprint density at radius 2 is 1.89 bits per heavy atom. The van der Waals surface area contributed by atoms with Crippen molar-refractivity contribution in [3.05, 3.63) is 24.0 Å². The molecule has 1 aliphatic rings. The predicted octanol–water partition coefficient (Wildman–Crippen LogP) is 2.76. The van der Waals surface area contributed by atoms with Gasteiger partial charge in [0, 0.05) is 11.1 Å². The lowest BCUT2D eigenvalue weighted by atomic mass is 9.60. The van der Waals surface area contributed by atoms with E-state index in [9.17, 15) is 0 Å². The van der Waals surface area contributed by atoms with Crippen LogP contribution in [0.4, 0.5) is 0 Å². The Bertz CT molecular complexity index is 386. The summed E-state index contributed by atoms with van der Waals surface area (Å²) < 4.78 is 5.20. The van der Waals surface area contributed by atoms with E-state index in [0.717, 1.165) is 31.7 Å². The molecule has 0 saturated carbocycles. The molecule has 1 fully saturated rings. The van der Waals surface area contributed by atoms with Crippen LogP contribution in [0, 0.1) is 5.41 Å². The number of ether oxygens (including phenoxy) is 1. The van der Waals surface area contributed by atoms with E-state index in [-0.39, 0.29) is 10.8 Å². The van der Waals surface area contributed by atoms with E-state index >= 15 is 0 Å². The zero-order valence-electron chi connectivity index (χ0n) is 11.9. The van der Waals surface area contributed by atoms with Gasteiger partial charge in [-0.05, 0) is 43.5 Å². The van der Waals surface area contributed by atoms with Crippen molar-refractivity contribution in [2.75, 3.05) is 20.2 Å². The summed E-state index contributed by atoms with van der Waals surface area (Å²) in [5, 5.41) is 3.45. The second-order valence-electron chi connectivity index (χ2n) is 6.17. The number of piperidine rings is 1. The minimum absolute atomic E-state index is 0.171. The van der Waals surface area contributed by atoms with Crippen LogP contribution >= 0.6 is 0 Å². The number of hydrogen-bond donors (Lipinski definition) is 1. The molecule has 0 aliphatic carbocycles. The Labute approximate surface area is 110 Å². The average molecular weight is 248 g/mol. The third kappa shape index (κ3) is 2.24. The predicted molar refractivity (Wildman–Crippen MR) is 74.0 cm³/mol. The molecule has 1 N–H and O–H groups in total. The molecule has 0 unspecified atom stereocenters. The van der Waals surface area contributed by atoms with E-state index < -0.39 is 0 Å². The van der Waals surface area contributed by atoms with Gasteiger partial charge in [-0.2, -0.15) is 0 Å². The quantitative estimate of drug-likeness (QED) is 0.874. The van der Waals surface area contributed by atoms with Crippen molar-refractivity contribution in [2.24, 2.45) is 5.41 Å². The van der Waals surface area contributed by atoms with Crippen molar-refractivity contribution in [3.8, 4) is 5.75 Å². The first-order valence-corrected chi connectivity index (χ1v) is 6.71. The smallest absolute Gasteiger partial charge is 0.137 e. The Kier molecular flexibility index (Phi) is 3.62. The average Bonchev–Trinajstić information content (AvgIpc) is 2.38. The number of methoxy groups -OCH3 is 1. The number of nitrogens with zero attached hydrogens (tertiary/aromatic N) is 1.